The second-order valence-electron chi connectivity index (χ2n) is 8.76. The Labute approximate surface area is 194 Å². The Hall–Kier alpha value is -2.51. The average Bonchev–Trinajstić information content (AvgIpc) is 2.76. The van der Waals surface area contributed by atoms with Gasteiger partial charge in [-0.05, 0) is 54.5 Å². The minimum absolute atomic E-state index is 0.00213. The van der Waals surface area contributed by atoms with Crippen molar-refractivity contribution in [2.24, 2.45) is 0 Å². The molecule has 1 aliphatic rings. The molecular weight excluding hydrogens is 426 g/mol. The normalized spacial score (nSPS) is 17.2. The second kappa shape index (κ2) is 11.6. The molecule has 1 amide bonds. The first kappa shape index (κ1) is 25.1. The Morgan fingerprint density at radius 2 is 1.85 bits per heavy atom. The number of ether oxygens (including phenoxy) is 1. The molecule has 0 spiro atoms. The molecule has 180 valence electrons. The van der Waals surface area contributed by atoms with Crippen LogP contribution in [0.5, 0.6) is 5.75 Å². The summed E-state index contributed by atoms with van der Waals surface area (Å²) in [6, 6.07) is 8.88. The molecule has 2 aromatic rings. The molecule has 7 heteroatoms. The van der Waals surface area contributed by atoms with Crippen molar-refractivity contribution >= 4 is 5.91 Å². The third-order valence-corrected chi connectivity index (χ3v) is 6.33. The lowest BCUT2D eigenvalue weighted by atomic mass is 9.89. The van der Waals surface area contributed by atoms with E-state index < -0.39 is 23.8 Å². The Kier molecular flexibility index (Phi) is 8.80. The van der Waals surface area contributed by atoms with Gasteiger partial charge in [-0.15, -0.1) is 0 Å². The highest BCUT2D eigenvalue weighted by Crippen LogP contribution is 2.35. The van der Waals surface area contributed by atoms with Gasteiger partial charge in [-0.1, -0.05) is 26.0 Å². The lowest BCUT2D eigenvalue weighted by molar-refractivity contribution is -0.120. The Morgan fingerprint density at radius 1 is 1.15 bits per heavy atom. The topological polar surface area (TPSA) is 70.6 Å². The Balaban J connectivity index is 1.72. The van der Waals surface area contributed by atoms with Gasteiger partial charge < -0.3 is 20.5 Å². The molecule has 0 fully saturated rings. The number of fused-ring (bicyclic) bond motifs is 1. The summed E-state index contributed by atoms with van der Waals surface area (Å²) >= 11 is 0. The highest BCUT2D eigenvalue weighted by atomic mass is 19.1. The molecule has 0 saturated carbocycles. The van der Waals surface area contributed by atoms with Crippen LogP contribution in [0.1, 0.15) is 68.7 Å². The van der Waals surface area contributed by atoms with Gasteiger partial charge in [0.15, 0.2) is 0 Å². The van der Waals surface area contributed by atoms with Crippen molar-refractivity contribution in [3.8, 4) is 5.75 Å². The van der Waals surface area contributed by atoms with E-state index in [2.05, 4.69) is 36.6 Å². The smallest absolute Gasteiger partial charge is 0.217 e. The van der Waals surface area contributed by atoms with Crippen molar-refractivity contribution in [3.63, 3.8) is 0 Å². The molecule has 3 N–H and O–H groups in total. The molecule has 3 atom stereocenters. The largest absolute Gasteiger partial charge is 0.493 e. The van der Waals surface area contributed by atoms with Gasteiger partial charge in [-0.3, -0.25) is 4.79 Å². The molecule has 2 aromatic carbocycles. The standard InChI is InChI=1S/C26H34F2N2O3/c1-4-18(5-2)19-6-7-26-22(13-19)23(8-9-33-26)29-15-25(32)24(30-16(3)31)12-17-10-20(27)14-21(28)11-17/h6-7,10-11,13-14,18,23-25,29,32H,4-5,8-9,12,15H2,1-3H3,(H,30,31). The van der Waals surface area contributed by atoms with Crippen LogP contribution in [0.15, 0.2) is 36.4 Å². The Morgan fingerprint density at radius 3 is 2.48 bits per heavy atom. The summed E-state index contributed by atoms with van der Waals surface area (Å²) in [6.45, 7) is 6.50. The first-order valence-corrected chi connectivity index (χ1v) is 11.7. The average molecular weight is 461 g/mol. The van der Waals surface area contributed by atoms with Gasteiger partial charge in [-0.25, -0.2) is 8.78 Å². The molecule has 0 bridgehead atoms. The number of halogens is 2. The molecule has 3 rings (SSSR count). The molecule has 1 aliphatic heterocycles. The fourth-order valence-corrected chi connectivity index (χ4v) is 4.57. The fourth-order valence-electron chi connectivity index (χ4n) is 4.57. The molecule has 0 aromatic heterocycles. The Bertz CT molecular complexity index is 929. The molecule has 0 radical (unpaired) electrons. The van der Waals surface area contributed by atoms with Gasteiger partial charge in [0.05, 0.1) is 18.8 Å². The number of rotatable bonds is 10. The van der Waals surface area contributed by atoms with Crippen LogP contribution >= 0.6 is 0 Å². The zero-order chi connectivity index (χ0) is 24.0. The summed E-state index contributed by atoms with van der Waals surface area (Å²) in [6.07, 6.45) is 2.04. The molecule has 0 aliphatic carbocycles. The van der Waals surface area contributed by atoms with Crippen LogP contribution in [0.25, 0.3) is 0 Å². The van der Waals surface area contributed by atoms with Crippen molar-refractivity contribution in [2.45, 2.75) is 70.6 Å². The number of hydrogen-bond donors (Lipinski definition) is 3. The van der Waals surface area contributed by atoms with Crippen LogP contribution in [0.2, 0.25) is 0 Å². The lowest BCUT2D eigenvalue weighted by Gasteiger charge is -2.30. The molecule has 33 heavy (non-hydrogen) atoms. The van der Waals surface area contributed by atoms with Crippen LogP contribution in [-0.2, 0) is 11.2 Å². The van der Waals surface area contributed by atoms with E-state index in [1.165, 1.54) is 24.6 Å². The third-order valence-electron chi connectivity index (χ3n) is 6.33. The summed E-state index contributed by atoms with van der Waals surface area (Å²) in [5, 5.41) is 17.0. The van der Waals surface area contributed by atoms with Gasteiger partial charge in [0.1, 0.15) is 17.4 Å². The number of carbonyl (C=O) groups excluding carboxylic acids is 1. The van der Waals surface area contributed by atoms with E-state index in [1.807, 2.05) is 6.07 Å². The zero-order valence-corrected chi connectivity index (χ0v) is 19.5. The maximum atomic E-state index is 13.6. The zero-order valence-electron chi connectivity index (χ0n) is 19.5. The second-order valence-corrected chi connectivity index (χ2v) is 8.76. The molecular formula is C26H34F2N2O3. The van der Waals surface area contributed by atoms with E-state index >= 15 is 0 Å². The molecule has 3 unspecified atom stereocenters. The van der Waals surface area contributed by atoms with E-state index in [0.717, 1.165) is 36.6 Å². The first-order chi connectivity index (χ1) is 15.8. The molecule has 1 heterocycles. The highest BCUT2D eigenvalue weighted by Gasteiger charge is 2.26. The van der Waals surface area contributed by atoms with Crippen LogP contribution in [0.3, 0.4) is 0 Å². The van der Waals surface area contributed by atoms with E-state index in [0.29, 0.717) is 18.1 Å². The van der Waals surface area contributed by atoms with Crippen LogP contribution < -0.4 is 15.4 Å². The predicted molar refractivity (Wildman–Crippen MR) is 124 cm³/mol. The summed E-state index contributed by atoms with van der Waals surface area (Å²) in [4.78, 5) is 11.7. The van der Waals surface area contributed by atoms with Gasteiger partial charge in [-0.2, -0.15) is 0 Å². The summed E-state index contributed by atoms with van der Waals surface area (Å²) in [5.74, 6) is -0.365. The number of hydrogen-bond acceptors (Lipinski definition) is 4. The van der Waals surface area contributed by atoms with Crippen LogP contribution in [0, 0.1) is 11.6 Å². The number of aliphatic hydroxyl groups excluding tert-OH is 1. The molecule has 0 saturated heterocycles. The fraction of sp³-hybridized carbons (Fsp3) is 0.500. The maximum absolute atomic E-state index is 13.6. The number of nitrogens with one attached hydrogen (secondary N) is 2. The van der Waals surface area contributed by atoms with Crippen molar-refractivity contribution in [3.05, 3.63) is 64.7 Å². The van der Waals surface area contributed by atoms with Crippen molar-refractivity contribution in [2.75, 3.05) is 13.2 Å². The first-order valence-electron chi connectivity index (χ1n) is 11.7. The van der Waals surface area contributed by atoms with E-state index in [9.17, 15) is 18.7 Å². The predicted octanol–water partition coefficient (Wildman–Crippen LogP) is 4.39. The third kappa shape index (κ3) is 6.74. The van der Waals surface area contributed by atoms with Gasteiger partial charge in [0.2, 0.25) is 5.91 Å². The minimum atomic E-state index is -0.950. The van der Waals surface area contributed by atoms with E-state index in [-0.39, 0.29) is 24.9 Å². The number of carbonyl (C=O) groups is 1. The van der Waals surface area contributed by atoms with E-state index in [4.69, 9.17) is 4.74 Å². The van der Waals surface area contributed by atoms with Crippen molar-refractivity contribution < 1.29 is 23.4 Å². The van der Waals surface area contributed by atoms with Gasteiger partial charge in [0, 0.05) is 37.6 Å². The highest BCUT2D eigenvalue weighted by molar-refractivity contribution is 5.73. The maximum Gasteiger partial charge on any atom is 0.217 e. The van der Waals surface area contributed by atoms with Crippen molar-refractivity contribution in [1.82, 2.24) is 10.6 Å². The minimum Gasteiger partial charge on any atom is -0.493 e. The monoisotopic (exact) mass is 460 g/mol. The van der Waals surface area contributed by atoms with Gasteiger partial charge in [0.25, 0.3) is 0 Å². The van der Waals surface area contributed by atoms with Crippen molar-refractivity contribution in [1.29, 1.82) is 0 Å². The SMILES string of the molecule is CCC(CC)c1ccc2c(c1)C(NCC(O)C(Cc1cc(F)cc(F)c1)NC(C)=O)CCO2. The lowest BCUT2D eigenvalue weighted by Crippen LogP contribution is -2.48. The summed E-state index contributed by atoms with van der Waals surface area (Å²) in [5.41, 5.74) is 2.72. The van der Waals surface area contributed by atoms with Crippen LogP contribution in [0.4, 0.5) is 8.78 Å². The number of benzene rings is 2. The van der Waals surface area contributed by atoms with Gasteiger partial charge >= 0.3 is 0 Å². The summed E-state index contributed by atoms with van der Waals surface area (Å²) in [7, 11) is 0. The number of aliphatic hydroxyl groups is 1. The molecule has 5 nitrogen and oxygen atoms in total. The summed E-state index contributed by atoms with van der Waals surface area (Å²) < 4.78 is 33.0. The number of amides is 1. The van der Waals surface area contributed by atoms with E-state index in [1.54, 1.807) is 0 Å². The van der Waals surface area contributed by atoms with Crippen LogP contribution in [-0.4, -0.2) is 36.3 Å². The quantitative estimate of drug-likeness (QED) is 0.492.